The van der Waals surface area contributed by atoms with Crippen LogP contribution in [0.15, 0.2) is 199 Å². The molecule has 11 aromatic rings. The second-order valence-corrected chi connectivity index (χ2v) is 17.5. The van der Waals surface area contributed by atoms with Crippen LogP contribution in [0.3, 0.4) is 0 Å². The molecule has 0 aliphatic heterocycles. The summed E-state index contributed by atoms with van der Waals surface area (Å²) in [5, 5.41) is 2.27. The Labute approximate surface area is 385 Å². The van der Waals surface area contributed by atoms with Crippen LogP contribution >= 0.6 is 0 Å². The molecule has 0 aliphatic rings. The van der Waals surface area contributed by atoms with Crippen molar-refractivity contribution in [2.45, 2.75) is 32.6 Å². The largest absolute Gasteiger partial charge is 0.456 e. The molecule has 0 spiro atoms. The number of pyridine rings is 1. The number of fused-ring (bicyclic) bond motifs is 3. The van der Waals surface area contributed by atoms with E-state index in [9.17, 15) is 0 Å². The number of hydrogen-bond acceptors (Lipinski definition) is 4. The number of hydrogen-bond donors (Lipinski definition) is 0. The lowest BCUT2D eigenvalue weighted by Crippen LogP contribution is -1.98. The highest BCUT2D eigenvalue weighted by molar-refractivity contribution is 6.06. The zero-order valence-corrected chi connectivity index (χ0v) is 37.4. The molecule has 6 heteroatoms. The van der Waals surface area contributed by atoms with Crippen molar-refractivity contribution in [2.24, 2.45) is 14.1 Å². The monoisotopic (exact) mass is 855 g/mol. The van der Waals surface area contributed by atoms with E-state index in [1.165, 1.54) is 44.5 Å². The summed E-state index contributed by atoms with van der Waals surface area (Å²) in [6.07, 6.45) is 13.4. The van der Waals surface area contributed by atoms with Crippen LogP contribution < -0.4 is 0 Å². The second-order valence-electron chi connectivity index (χ2n) is 17.5. The average molecular weight is 856 g/mol. The van der Waals surface area contributed by atoms with E-state index in [1.807, 2.05) is 57.2 Å². The zero-order valence-electron chi connectivity index (χ0n) is 37.4. The van der Waals surface area contributed by atoms with E-state index >= 15 is 0 Å². The van der Waals surface area contributed by atoms with Gasteiger partial charge in [-0.05, 0) is 118 Å². The molecule has 0 saturated carbocycles. The van der Waals surface area contributed by atoms with Crippen LogP contribution in [0.25, 0.3) is 89.4 Å². The van der Waals surface area contributed by atoms with E-state index in [4.69, 9.17) is 9.40 Å². The third-order valence-corrected chi connectivity index (χ3v) is 13.0. The van der Waals surface area contributed by atoms with Crippen molar-refractivity contribution >= 4 is 21.9 Å². The van der Waals surface area contributed by atoms with Gasteiger partial charge in [-0.2, -0.15) is 0 Å². The van der Waals surface area contributed by atoms with Gasteiger partial charge in [0.2, 0.25) is 0 Å². The van der Waals surface area contributed by atoms with Gasteiger partial charge in [0.15, 0.2) is 0 Å². The Hall–Kier alpha value is -8.09. The Bertz CT molecular complexity index is 3390. The van der Waals surface area contributed by atoms with Crippen LogP contribution in [0.5, 0.6) is 0 Å². The summed E-state index contributed by atoms with van der Waals surface area (Å²) in [6.45, 7) is 2.12. The Kier molecular flexibility index (Phi) is 10.8. The molecule has 7 aromatic carbocycles. The minimum Gasteiger partial charge on any atom is -0.456 e. The molecule has 0 unspecified atom stereocenters. The lowest BCUT2D eigenvalue weighted by atomic mass is 9.90. The summed E-state index contributed by atoms with van der Waals surface area (Å²) < 4.78 is 10.4. The number of benzene rings is 7. The van der Waals surface area contributed by atoms with Gasteiger partial charge in [0, 0.05) is 72.5 Å². The van der Waals surface area contributed by atoms with Crippen LogP contribution in [0.4, 0.5) is 0 Å². The lowest BCUT2D eigenvalue weighted by molar-refractivity contribution is 0.669. The van der Waals surface area contributed by atoms with Crippen molar-refractivity contribution in [1.29, 1.82) is 0 Å². The van der Waals surface area contributed by atoms with Crippen molar-refractivity contribution in [3.05, 3.63) is 223 Å². The molecule has 0 atom stereocenters. The summed E-state index contributed by atoms with van der Waals surface area (Å²) in [6, 6.07) is 59.6. The molecule has 320 valence electrons. The SMILES string of the molecule is Cc1cnc(-c2ccc(-c3ccccc3-c3cc(CCc4ccc(-c5nccn5C)cc4)cc(CCc4ccc(-c5nccn5C)cc4)c3)cc2)cc1-c1ccc2c(c1)oc1ccccc12. The average Bonchev–Trinajstić information content (AvgIpc) is 4.10. The maximum absolute atomic E-state index is 6.25. The van der Waals surface area contributed by atoms with Crippen LogP contribution in [0.2, 0.25) is 0 Å². The Balaban J connectivity index is 0.879. The number of rotatable bonds is 12. The first kappa shape index (κ1) is 40.7. The van der Waals surface area contributed by atoms with E-state index in [0.717, 1.165) is 98.3 Å². The molecule has 0 saturated heterocycles. The van der Waals surface area contributed by atoms with Crippen molar-refractivity contribution in [2.75, 3.05) is 0 Å². The molecule has 0 aliphatic carbocycles. The van der Waals surface area contributed by atoms with Gasteiger partial charge in [0.1, 0.15) is 22.8 Å². The first-order valence-corrected chi connectivity index (χ1v) is 22.7. The molecule has 11 rings (SSSR count). The predicted octanol–water partition coefficient (Wildman–Crippen LogP) is 14.3. The highest BCUT2D eigenvalue weighted by Gasteiger charge is 2.15. The van der Waals surface area contributed by atoms with Crippen LogP contribution in [0, 0.1) is 6.92 Å². The van der Waals surface area contributed by atoms with Gasteiger partial charge in [-0.25, -0.2) is 9.97 Å². The minimum absolute atomic E-state index is 0.894. The summed E-state index contributed by atoms with van der Waals surface area (Å²) in [4.78, 5) is 14.0. The molecule has 0 N–H and O–H groups in total. The molecule has 4 aromatic heterocycles. The van der Waals surface area contributed by atoms with Gasteiger partial charge in [-0.3, -0.25) is 4.98 Å². The molecule has 0 radical (unpaired) electrons. The summed E-state index contributed by atoms with van der Waals surface area (Å²) in [5.41, 5.74) is 19.6. The Morgan fingerprint density at radius 1 is 0.409 bits per heavy atom. The predicted molar refractivity (Wildman–Crippen MR) is 270 cm³/mol. The lowest BCUT2D eigenvalue weighted by Gasteiger charge is -2.15. The Morgan fingerprint density at radius 3 is 1.53 bits per heavy atom. The van der Waals surface area contributed by atoms with Crippen LogP contribution in [-0.4, -0.2) is 24.1 Å². The number of nitrogens with zero attached hydrogens (tertiary/aromatic N) is 5. The summed E-state index contributed by atoms with van der Waals surface area (Å²) >= 11 is 0. The molecule has 6 nitrogen and oxygen atoms in total. The normalized spacial score (nSPS) is 11.5. The number of furan rings is 1. The highest BCUT2D eigenvalue weighted by Crippen LogP contribution is 2.37. The molecular weight excluding hydrogens is 807 g/mol. The fourth-order valence-electron chi connectivity index (χ4n) is 9.41. The number of para-hydroxylation sites is 1. The molecule has 4 heterocycles. The Morgan fingerprint density at radius 2 is 0.924 bits per heavy atom. The van der Waals surface area contributed by atoms with Gasteiger partial charge in [0.05, 0.1) is 5.69 Å². The standard InChI is InChI=1S/C60H49N5O/c1-40-39-63-56(38-55(40)49-28-29-54-53-10-6-7-11-57(53)66-58(54)37-49)46-26-24-45(25-27-46)51-8-4-5-9-52(51)50-35-43(14-12-41-16-20-47(21-17-41)59-61-30-32-64(59)2)34-44(36-50)15-13-42-18-22-48(23-19-42)60-62-31-33-65(60)3/h4-11,16-39H,12-15H2,1-3H3. The molecule has 0 amide bonds. The maximum Gasteiger partial charge on any atom is 0.139 e. The van der Waals surface area contributed by atoms with E-state index in [0.29, 0.717) is 0 Å². The first-order chi connectivity index (χ1) is 32.4. The summed E-state index contributed by atoms with van der Waals surface area (Å²) in [5.74, 6) is 1.96. The van der Waals surface area contributed by atoms with E-state index in [2.05, 4.69) is 178 Å². The zero-order chi connectivity index (χ0) is 44.6. The topological polar surface area (TPSA) is 61.7 Å². The van der Waals surface area contributed by atoms with Gasteiger partial charge in [-0.15, -0.1) is 0 Å². The molecule has 0 bridgehead atoms. The third kappa shape index (κ3) is 8.14. The van der Waals surface area contributed by atoms with Gasteiger partial charge < -0.3 is 13.6 Å². The highest BCUT2D eigenvalue weighted by atomic mass is 16.3. The number of aryl methyl sites for hydroxylation is 7. The third-order valence-electron chi connectivity index (χ3n) is 13.0. The van der Waals surface area contributed by atoms with E-state index in [1.54, 1.807) is 0 Å². The van der Waals surface area contributed by atoms with Crippen LogP contribution in [-0.2, 0) is 39.8 Å². The minimum atomic E-state index is 0.894. The molecule has 0 fully saturated rings. The smallest absolute Gasteiger partial charge is 0.139 e. The van der Waals surface area contributed by atoms with Gasteiger partial charge in [0.25, 0.3) is 0 Å². The van der Waals surface area contributed by atoms with Crippen molar-refractivity contribution in [3.8, 4) is 67.4 Å². The van der Waals surface area contributed by atoms with Crippen LogP contribution in [0.1, 0.15) is 27.8 Å². The molecular formula is C60H49N5O. The van der Waals surface area contributed by atoms with Crippen molar-refractivity contribution in [3.63, 3.8) is 0 Å². The maximum atomic E-state index is 6.25. The summed E-state index contributed by atoms with van der Waals surface area (Å²) in [7, 11) is 4.07. The van der Waals surface area contributed by atoms with E-state index < -0.39 is 0 Å². The number of aromatic nitrogens is 5. The fraction of sp³-hybridized carbons (Fsp3) is 0.117. The fourth-order valence-corrected chi connectivity index (χ4v) is 9.41. The molecule has 66 heavy (non-hydrogen) atoms. The van der Waals surface area contributed by atoms with Gasteiger partial charge >= 0.3 is 0 Å². The number of imidazole rings is 2. The second kappa shape index (κ2) is 17.5. The van der Waals surface area contributed by atoms with E-state index in [-0.39, 0.29) is 0 Å². The van der Waals surface area contributed by atoms with Crippen molar-refractivity contribution in [1.82, 2.24) is 24.1 Å². The quantitative estimate of drug-likeness (QED) is 0.123. The van der Waals surface area contributed by atoms with Gasteiger partial charge in [-0.1, -0.05) is 140 Å². The first-order valence-electron chi connectivity index (χ1n) is 22.7. The van der Waals surface area contributed by atoms with Crippen molar-refractivity contribution < 1.29 is 4.42 Å².